The second kappa shape index (κ2) is 6.24. The lowest BCUT2D eigenvalue weighted by Gasteiger charge is -2.17. The highest BCUT2D eigenvalue weighted by molar-refractivity contribution is 14.1. The fraction of sp³-hybridized carbons (Fsp3) is 0.111. The summed E-state index contributed by atoms with van der Waals surface area (Å²) in [5.41, 5.74) is 2.22. The van der Waals surface area contributed by atoms with Crippen LogP contribution in [-0.4, -0.2) is 0 Å². The van der Waals surface area contributed by atoms with E-state index in [-0.39, 0.29) is 6.04 Å². The van der Waals surface area contributed by atoms with E-state index in [1.165, 1.54) is 16.3 Å². The van der Waals surface area contributed by atoms with Crippen LogP contribution in [0, 0.1) is 3.57 Å². The second-order valence-corrected chi connectivity index (χ2v) is 6.75. The summed E-state index contributed by atoms with van der Waals surface area (Å²) in [7, 11) is 0. The van der Waals surface area contributed by atoms with Gasteiger partial charge in [-0.1, -0.05) is 48.0 Å². The molecule has 0 aliphatic rings. The molecule has 106 valence electrons. The Bertz CT molecular complexity index is 785. The lowest BCUT2D eigenvalue weighted by atomic mass is 10.0. The van der Waals surface area contributed by atoms with Crippen molar-refractivity contribution in [3.05, 3.63) is 74.8 Å². The first kappa shape index (κ1) is 14.7. The average molecular weight is 408 g/mol. The molecule has 3 heteroatoms. The summed E-state index contributed by atoms with van der Waals surface area (Å²) < 4.78 is 1.14. The van der Waals surface area contributed by atoms with E-state index in [1.807, 2.05) is 12.1 Å². The van der Waals surface area contributed by atoms with E-state index in [0.717, 1.165) is 14.3 Å². The number of hydrogen-bond donors (Lipinski definition) is 1. The molecule has 1 nitrogen and oxygen atoms in total. The van der Waals surface area contributed by atoms with Crippen molar-refractivity contribution in [3.8, 4) is 0 Å². The van der Waals surface area contributed by atoms with Crippen molar-refractivity contribution < 1.29 is 0 Å². The number of anilines is 1. The summed E-state index contributed by atoms with van der Waals surface area (Å²) >= 11 is 8.55. The molecule has 3 rings (SSSR count). The number of rotatable bonds is 3. The van der Waals surface area contributed by atoms with E-state index in [9.17, 15) is 0 Å². The molecular weight excluding hydrogens is 393 g/mol. The van der Waals surface area contributed by atoms with Gasteiger partial charge in [-0.25, -0.2) is 0 Å². The quantitative estimate of drug-likeness (QED) is 0.504. The number of fused-ring (bicyclic) bond motifs is 1. The van der Waals surface area contributed by atoms with Crippen molar-refractivity contribution in [2.24, 2.45) is 0 Å². The largest absolute Gasteiger partial charge is 0.377 e. The van der Waals surface area contributed by atoms with E-state index >= 15 is 0 Å². The zero-order valence-corrected chi connectivity index (χ0v) is 14.5. The van der Waals surface area contributed by atoms with Gasteiger partial charge in [-0.05, 0) is 70.1 Å². The Morgan fingerprint density at radius 1 is 0.952 bits per heavy atom. The van der Waals surface area contributed by atoms with Gasteiger partial charge >= 0.3 is 0 Å². The van der Waals surface area contributed by atoms with E-state index in [4.69, 9.17) is 11.6 Å². The SMILES string of the molecule is CC(Nc1ccc(I)cc1Cl)c1ccc2ccccc2c1. The smallest absolute Gasteiger partial charge is 0.0648 e. The predicted octanol–water partition coefficient (Wildman–Crippen LogP) is 6.27. The average Bonchev–Trinajstić information content (AvgIpc) is 2.49. The Hall–Kier alpha value is -1.26. The van der Waals surface area contributed by atoms with Crippen molar-refractivity contribution >= 4 is 50.7 Å². The number of halogens is 2. The minimum absolute atomic E-state index is 0.201. The monoisotopic (exact) mass is 407 g/mol. The van der Waals surface area contributed by atoms with Crippen LogP contribution in [0.1, 0.15) is 18.5 Å². The molecule has 0 bridgehead atoms. The first-order valence-corrected chi connectivity index (χ1v) is 8.29. The van der Waals surface area contributed by atoms with Gasteiger partial charge in [-0.15, -0.1) is 0 Å². The Morgan fingerprint density at radius 3 is 2.48 bits per heavy atom. The fourth-order valence-electron chi connectivity index (χ4n) is 2.40. The summed E-state index contributed by atoms with van der Waals surface area (Å²) in [6, 6.07) is 21.2. The van der Waals surface area contributed by atoms with Crippen LogP contribution in [0.2, 0.25) is 5.02 Å². The van der Waals surface area contributed by atoms with Crippen LogP contribution in [0.25, 0.3) is 10.8 Å². The Balaban J connectivity index is 1.87. The van der Waals surface area contributed by atoms with Crippen molar-refractivity contribution in [2.75, 3.05) is 5.32 Å². The molecule has 0 radical (unpaired) electrons. The summed E-state index contributed by atoms with van der Waals surface area (Å²) in [5.74, 6) is 0. The maximum atomic E-state index is 6.29. The molecule has 0 heterocycles. The Labute approximate surface area is 143 Å². The van der Waals surface area contributed by atoms with E-state index < -0.39 is 0 Å². The van der Waals surface area contributed by atoms with Crippen molar-refractivity contribution in [3.63, 3.8) is 0 Å². The molecule has 0 fully saturated rings. The molecule has 0 aliphatic heterocycles. The van der Waals surface area contributed by atoms with E-state index in [0.29, 0.717) is 0 Å². The van der Waals surface area contributed by atoms with Crippen LogP contribution < -0.4 is 5.32 Å². The molecule has 0 saturated heterocycles. The van der Waals surface area contributed by atoms with Gasteiger partial charge in [0.25, 0.3) is 0 Å². The molecule has 0 saturated carbocycles. The summed E-state index contributed by atoms with van der Waals surface area (Å²) in [6.07, 6.45) is 0. The maximum absolute atomic E-state index is 6.29. The van der Waals surface area contributed by atoms with Crippen LogP contribution in [0.15, 0.2) is 60.7 Å². The normalized spacial score (nSPS) is 12.3. The van der Waals surface area contributed by atoms with Gasteiger partial charge in [-0.3, -0.25) is 0 Å². The Kier molecular flexibility index (Phi) is 4.36. The van der Waals surface area contributed by atoms with Crippen LogP contribution >= 0.6 is 34.2 Å². The molecule has 21 heavy (non-hydrogen) atoms. The topological polar surface area (TPSA) is 12.0 Å². The second-order valence-electron chi connectivity index (χ2n) is 5.10. The summed E-state index contributed by atoms with van der Waals surface area (Å²) in [4.78, 5) is 0. The molecule has 1 atom stereocenters. The fourth-order valence-corrected chi connectivity index (χ4v) is 3.31. The third kappa shape index (κ3) is 3.33. The molecule has 0 amide bonds. The highest BCUT2D eigenvalue weighted by atomic mass is 127. The van der Waals surface area contributed by atoms with Crippen molar-refractivity contribution in [1.29, 1.82) is 0 Å². The third-order valence-corrected chi connectivity index (χ3v) is 4.56. The number of nitrogens with one attached hydrogen (secondary N) is 1. The highest BCUT2D eigenvalue weighted by Crippen LogP contribution is 2.28. The standard InChI is InChI=1S/C18H15ClIN/c1-12(21-18-9-8-16(20)11-17(18)19)14-7-6-13-4-2-3-5-15(13)10-14/h2-12,21H,1H3. The van der Waals surface area contributed by atoms with Gasteiger partial charge < -0.3 is 5.32 Å². The summed E-state index contributed by atoms with van der Waals surface area (Å²) in [6.45, 7) is 2.15. The van der Waals surface area contributed by atoms with Gasteiger partial charge in [-0.2, -0.15) is 0 Å². The van der Waals surface area contributed by atoms with E-state index in [2.05, 4.69) is 83.4 Å². The molecule has 3 aromatic carbocycles. The Morgan fingerprint density at radius 2 is 1.71 bits per heavy atom. The number of hydrogen-bond acceptors (Lipinski definition) is 1. The van der Waals surface area contributed by atoms with Gasteiger partial charge in [0.15, 0.2) is 0 Å². The summed E-state index contributed by atoms with van der Waals surface area (Å²) in [5, 5.41) is 6.77. The zero-order chi connectivity index (χ0) is 14.8. The highest BCUT2D eigenvalue weighted by Gasteiger charge is 2.08. The molecule has 0 aromatic heterocycles. The minimum Gasteiger partial charge on any atom is -0.377 e. The van der Waals surface area contributed by atoms with Gasteiger partial charge in [0, 0.05) is 9.61 Å². The van der Waals surface area contributed by atoms with E-state index in [1.54, 1.807) is 0 Å². The minimum atomic E-state index is 0.201. The van der Waals surface area contributed by atoms with Gasteiger partial charge in [0.1, 0.15) is 0 Å². The van der Waals surface area contributed by atoms with Gasteiger partial charge in [0.2, 0.25) is 0 Å². The van der Waals surface area contributed by atoms with Crippen LogP contribution in [0.3, 0.4) is 0 Å². The van der Waals surface area contributed by atoms with Crippen LogP contribution in [0.5, 0.6) is 0 Å². The van der Waals surface area contributed by atoms with Crippen molar-refractivity contribution in [1.82, 2.24) is 0 Å². The first-order chi connectivity index (χ1) is 10.1. The first-order valence-electron chi connectivity index (χ1n) is 6.84. The lowest BCUT2D eigenvalue weighted by molar-refractivity contribution is 0.887. The predicted molar refractivity (Wildman–Crippen MR) is 100 cm³/mol. The molecule has 0 aliphatic carbocycles. The molecule has 0 spiro atoms. The molecule has 1 N–H and O–H groups in total. The zero-order valence-electron chi connectivity index (χ0n) is 11.6. The van der Waals surface area contributed by atoms with Crippen LogP contribution in [-0.2, 0) is 0 Å². The number of benzene rings is 3. The maximum Gasteiger partial charge on any atom is 0.0648 e. The van der Waals surface area contributed by atoms with Crippen molar-refractivity contribution in [2.45, 2.75) is 13.0 Å². The van der Waals surface area contributed by atoms with Crippen LogP contribution in [0.4, 0.5) is 5.69 Å². The lowest BCUT2D eigenvalue weighted by Crippen LogP contribution is -2.07. The van der Waals surface area contributed by atoms with Gasteiger partial charge in [0.05, 0.1) is 10.7 Å². The molecule has 1 unspecified atom stereocenters. The third-order valence-electron chi connectivity index (χ3n) is 3.58. The molecule has 3 aromatic rings. The molecular formula is C18H15ClIN.